The lowest BCUT2D eigenvalue weighted by Crippen LogP contribution is -2.13. The number of nitrogens with one attached hydrogen (secondary N) is 1. The molecule has 2 aromatic carbocycles. The Hall–Kier alpha value is -3.26. The predicted molar refractivity (Wildman–Crippen MR) is 99.1 cm³/mol. The fraction of sp³-hybridized carbons (Fsp3) is 0.111. The number of nitrogens with zero attached hydrogens (tertiary/aromatic N) is 3. The Kier molecular flexibility index (Phi) is 4.91. The van der Waals surface area contributed by atoms with E-state index in [1.54, 1.807) is 35.9 Å². The van der Waals surface area contributed by atoms with E-state index in [1.165, 1.54) is 0 Å². The van der Waals surface area contributed by atoms with Gasteiger partial charge in [0.1, 0.15) is 5.82 Å². The van der Waals surface area contributed by atoms with Crippen LogP contribution in [0.25, 0.3) is 5.69 Å². The van der Waals surface area contributed by atoms with Gasteiger partial charge in [0, 0.05) is 17.7 Å². The van der Waals surface area contributed by atoms with Crippen LogP contribution in [0, 0.1) is 29.8 Å². The average Bonchev–Trinajstić information content (AvgIpc) is 2.91. The van der Waals surface area contributed by atoms with Crippen molar-refractivity contribution in [1.82, 2.24) is 9.78 Å². The number of carbonyl (C=O) groups excluding carboxylic acids is 1. The van der Waals surface area contributed by atoms with Gasteiger partial charge in [-0.3, -0.25) is 14.9 Å². The van der Waals surface area contributed by atoms with E-state index in [-0.39, 0.29) is 16.9 Å². The summed E-state index contributed by atoms with van der Waals surface area (Å²) in [5.41, 5.74) is 1.85. The van der Waals surface area contributed by atoms with Gasteiger partial charge >= 0.3 is 0 Å². The molecule has 0 radical (unpaired) electrons. The van der Waals surface area contributed by atoms with Crippen molar-refractivity contribution < 1.29 is 14.1 Å². The molecule has 0 aliphatic heterocycles. The van der Waals surface area contributed by atoms with E-state index < -0.39 is 16.6 Å². The maximum absolute atomic E-state index is 13.8. The molecule has 138 valence electrons. The number of halogens is 2. The molecular weight excluding hydrogens is 375 g/mol. The van der Waals surface area contributed by atoms with E-state index in [0.29, 0.717) is 16.4 Å². The quantitative estimate of drug-likeness (QED) is 0.528. The van der Waals surface area contributed by atoms with Gasteiger partial charge in [-0.25, -0.2) is 9.07 Å². The summed E-state index contributed by atoms with van der Waals surface area (Å²) in [7, 11) is 0. The number of benzene rings is 2. The average molecular weight is 389 g/mol. The number of hydrogen-bond donors (Lipinski definition) is 1. The Bertz CT molecular complexity index is 1050. The minimum Gasteiger partial charge on any atom is -0.319 e. The number of nitro groups is 1. The molecule has 0 aliphatic rings. The third kappa shape index (κ3) is 3.65. The van der Waals surface area contributed by atoms with Gasteiger partial charge in [0.2, 0.25) is 0 Å². The SMILES string of the molecule is Cc1nn(-c2ccc(C(=O)Nc3cc([N+](=O)[O-])ccc3F)cc2)c(C)c1Cl. The number of carbonyl (C=O) groups is 1. The topological polar surface area (TPSA) is 90.1 Å². The first-order chi connectivity index (χ1) is 12.8. The molecular formula is C18H14ClFN4O3. The standard InChI is InChI=1S/C18H14ClFN4O3/c1-10-17(19)11(2)23(22-10)13-5-3-12(4-6-13)18(25)21-16-9-14(24(26)27)7-8-15(16)20/h3-9H,1-2H3,(H,21,25). The Morgan fingerprint density at radius 3 is 2.44 bits per heavy atom. The van der Waals surface area contributed by atoms with Crippen molar-refractivity contribution in [2.45, 2.75) is 13.8 Å². The third-order valence-corrected chi connectivity index (χ3v) is 4.53. The van der Waals surface area contributed by atoms with Gasteiger partial charge in [-0.1, -0.05) is 11.6 Å². The van der Waals surface area contributed by atoms with Crippen LogP contribution < -0.4 is 5.32 Å². The molecule has 1 heterocycles. The number of nitro benzene ring substituents is 1. The molecule has 0 spiro atoms. The van der Waals surface area contributed by atoms with Crippen molar-refractivity contribution >= 4 is 28.9 Å². The van der Waals surface area contributed by atoms with Gasteiger partial charge in [0.05, 0.1) is 32.7 Å². The fourth-order valence-electron chi connectivity index (χ4n) is 2.55. The van der Waals surface area contributed by atoms with Crippen molar-refractivity contribution in [2.75, 3.05) is 5.32 Å². The number of amides is 1. The van der Waals surface area contributed by atoms with Crippen LogP contribution in [-0.4, -0.2) is 20.6 Å². The molecule has 3 aromatic rings. The van der Waals surface area contributed by atoms with Gasteiger partial charge in [0.25, 0.3) is 11.6 Å². The van der Waals surface area contributed by atoms with Crippen molar-refractivity contribution in [2.24, 2.45) is 0 Å². The number of hydrogen-bond acceptors (Lipinski definition) is 4. The van der Waals surface area contributed by atoms with Crippen molar-refractivity contribution in [1.29, 1.82) is 0 Å². The first-order valence-electron chi connectivity index (χ1n) is 7.85. The van der Waals surface area contributed by atoms with E-state index in [1.807, 2.05) is 6.92 Å². The first kappa shape index (κ1) is 18.5. The smallest absolute Gasteiger partial charge is 0.271 e. The van der Waals surface area contributed by atoms with E-state index in [0.717, 1.165) is 23.9 Å². The zero-order valence-electron chi connectivity index (χ0n) is 14.4. The summed E-state index contributed by atoms with van der Waals surface area (Å²) < 4.78 is 15.5. The van der Waals surface area contributed by atoms with E-state index >= 15 is 0 Å². The summed E-state index contributed by atoms with van der Waals surface area (Å²) in [5, 5.41) is 18.0. The lowest BCUT2D eigenvalue weighted by atomic mass is 10.2. The highest BCUT2D eigenvalue weighted by atomic mass is 35.5. The van der Waals surface area contributed by atoms with E-state index in [9.17, 15) is 19.3 Å². The summed E-state index contributed by atoms with van der Waals surface area (Å²) in [5.74, 6) is -1.35. The number of aryl methyl sites for hydroxylation is 1. The molecule has 27 heavy (non-hydrogen) atoms. The van der Waals surface area contributed by atoms with Crippen molar-refractivity contribution in [3.63, 3.8) is 0 Å². The lowest BCUT2D eigenvalue weighted by molar-refractivity contribution is -0.384. The van der Waals surface area contributed by atoms with Gasteiger partial charge in [-0.2, -0.15) is 5.10 Å². The van der Waals surface area contributed by atoms with Crippen molar-refractivity contribution in [3.8, 4) is 5.69 Å². The highest BCUT2D eigenvalue weighted by Crippen LogP contribution is 2.24. The highest BCUT2D eigenvalue weighted by Gasteiger charge is 2.15. The maximum Gasteiger partial charge on any atom is 0.271 e. The van der Waals surface area contributed by atoms with Crippen LogP contribution in [0.2, 0.25) is 5.02 Å². The largest absolute Gasteiger partial charge is 0.319 e. The summed E-state index contributed by atoms with van der Waals surface area (Å²) in [6, 6.07) is 9.37. The van der Waals surface area contributed by atoms with Gasteiger partial charge in [0.15, 0.2) is 0 Å². The van der Waals surface area contributed by atoms with Crippen LogP contribution in [0.5, 0.6) is 0 Å². The molecule has 0 atom stereocenters. The third-order valence-electron chi connectivity index (χ3n) is 3.99. The van der Waals surface area contributed by atoms with E-state index in [4.69, 9.17) is 11.6 Å². The Labute approximate surface area is 158 Å². The molecule has 7 nitrogen and oxygen atoms in total. The van der Waals surface area contributed by atoms with Crippen LogP contribution in [-0.2, 0) is 0 Å². The van der Waals surface area contributed by atoms with Crippen LogP contribution >= 0.6 is 11.6 Å². The van der Waals surface area contributed by atoms with Crippen LogP contribution in [0.4, 0.5) is 15.8 Å². The summed E-state index contributed by atoms with van der Waals surface area (Å²) in [4.78, 5) is 22.5. The Balaban J connectivity index is 1.83. The number of non-ortho nitro benzene ring substituents is 1. The number of rotatable bonds is 4. The molecule has 0 bridgehead atoms. The minimum absolute atomic E-state index is 0.261. The normalized spacial score (nSPS) is 10.7. The molecule has 0 fully saturated rings. The van der Waals surface area contributed by atoms with Crippen LogP contribution in [0.1, 0.15) is 21.7 Å². The Morgan fingerprint density at radius 1 is 1.22 bits per heavy atom. The fourth-order valence-corrected chi connectivity index (χ4v) is 2.66. The molecule has 1 aromatic heterocycles. The maximum atomic E-state index is 13.8. The van der Waals surface area contributed by atoms with Gasteiger partial charge in [-0.15, -0.1) is 0 Å². The molecule has 0 saturated carbocycles. The van der Waals surface area contributed by atoms with Gasteiger partial charge in [-0.05, 0) is 44.2 Å². The van der Waals surface area contributed by atoms with Gasteiger partial charge < -0.3 is 5.32 Å². The molecule has 1 amide bonds. The second kappa shape index (κ2) is 7.16. The zero-order valence-corrected chi connectivity index (χ0v) is 15.1. The number of aromatic nitrogens is 2. The minimum atomic E-state index is -0.761. The molecule has 0 saturated heterocycles. The summed E-state index contributed by atoms with van der Waals surface area (Å²) in [6.07, 6.45) is 0. The summed E-state index contributed by atoms with van der Waals surface area (Å²) in [6.45, 7) is 3.62. The van der Waals surface area contributed by atoms with E-state index in [2.05, 4.69) is 10.4 Å². The van der Waals surface area contributed by atoms with Crippen LogP contribution in [0.15, 0.2) is 42.5 Å². The lowest BCUT2D eigenvalue weighted by Gasteiger charge is -2.08. The number of anilines is 1. The Morgan fingerprint density at radius 2 is 1.89 bits per heavy atom. The first-order valence-corrected chi connectivity index (χ1v) is 8.23. The van der Waals surface area contributed by atoms with Crippen LogP contribution in [0.3, 0.4) is 0 Å². The molecule has 0 aliphatic carbocycles. The van der Waals surface area contributed by atoms with Crippen molar-refractivity contribution in [3.05, 3.63) is 80.4 Å². The predicted octanol–water partition coefficient (Wildman–Crippen LogP) is 4.44. The summed E-state index contributed by atoms with van der Waals surface area (Å²) >= 11 is 6.14. The molecule has 9 heteroatoms. The second-order valence-corrected chi connectivity index (χ2v) is 6.20. The monoisotopic (exact) mass is 388 g/mol. The molecule has 3 rings (SSSR count). The molecule has 1 N–H and O–H groups in total. The second-order valence-electron chi connectivity index (χ2n) is 5.82. The molecule has 0 unspecified atom stereocenters. The zero-order chi connectivity index (χ0) is 19.7. The highest BCUT2D eigenvalue weighted by molar-refractivity contribution is 6.31.